The highest BCUT2D eigenvalue weighted by atomic mass is 16.1. The number of hydrogen-bond donors (Lipinski definition) is 2. The summed E-state index contributed by atoms with van der Waals surface area (Å²) in [6, 6.07) is 8.96. The summed E-state index contributed by atoms with van der Waals surface area (Å²) in [7, 11) is 0. The molecule has 0 bridgehead atoms. The first-order valence-electron chi connectivity index (χ1n) is 4.95. The number of rotatable bonds is 3. The van der Waals surface area contributed by atoms with Crippen molar-refractivity contribution in [1.29, 1.82) is 0 Å². The summed E-state index contributed by atoms with van der Waals surface area (Å²) in [5, 5.41) is 9.15. The Kier molecular flexibility index (Phi) is 2.82. The highest BCUT2D eigenvalue weighted by Crippen LogP contribution is 2.16. The van der Waals surface area contributed by atoms with Crippen molar-refractivity contribution in [2.24, 2.45) is 21.8 Å². The average Bonchev–Trinajstić information content (AvgIpc) is 2.62. The molecule has 0 aromatic heterocycles. The molecular weight excluding hydrogens is 206 g/mol. The summed E-state index contributed by atoms with van der Waals surface area (Å²) >= 11 is 0. The minimum atomic E-state index is -0.747. The highest BCUT2D eigenvalue weighted by Gasteiger charge is 2.33. The van der Waals surface area contributed by atoms with Crippen LogP contribution in [0.4, 0.5) is 0 Å². The van der Waals surface area contributed by atoms with Crippen LogP contribution in [0.1, 0.15) is 5.56 Å². The van der Waals surface area contributed by atoms with Gasteiger partial charge in [-0.15, -0.1) is 0 Å². The van der Waals surface area contributed by atoms with Crippen LogP contribution in [0, 0.1) is 0 Å². The number of amides is 1. The minimum Gasteiger partial charge on any atom is -0.368 e. The van der Waals surface area contributed by atoms with Crippen molar-refractivity contribution in [2.75, 3.05) is 0 Å². The van der Waals surface area contributed by atoms with Gasteiger partial charge in [0.1, 0.15) is 6.17 Å². The van der Waals surface area contributed by atoms with Gasteiger partial charge in [-0.2, -0.15) is 5.11 Å². The maximum absolute atomic E-state index is 11.0. The van der Waals surface area contributed by atoms with Crippen molar-refractivity contribution in [3.63, 3.8) is 0 Å². The van der Waals surface area contributed by atoms with Crippen LogP contribution in [-0.2, 0) is 11.3 Å². The van der Waals surface area contributed by atoms with Gasteiger partial charge in [-0.25, -0.2) is 0 Å². The molecule has 1 amide bonds. The molecule has 0 spiro atoms. The van der Waals surface area contributed by atoms with E-state index in [1.807, 2.05) is 30.3 Å². The van der Waals surface area contributed by atoms with Crippen molar-refractivity contribution < 1.29 is 4.79 Å². The Morgan fingerprint density at radius 1 is 1.38 bits per heavy atom. The molecule has 1 aliphatic rings. The molecule has 1 heterocycles. The fourth-order valence-corrected chi connectivity index (χ4v) is 1.55. The van der Waals surface area contributed by atoms with E-state index < -0.39 is 18.1 Å². The molecule has 84 valence electrons. The second kappa shape index (κ2) is 4.28. The molecule has 6 heteroatoms. The SMILES string of the molecule is NC(=O)C1N=NN(Cc2ccccc2)C1N. The van der Waals surface area contributed by atoms with Crippen molar-refractivity contribution in [3.8, 4) is 0 Å². The van der Waals surface area contributed by atoms with Crippen molar-refractivity contribution in [3.05, 3.63) is 35.9 Å². The molecule has 1 aliphatic heterocycles. The lowest BCUT2D eigenvalue weighted by molar-refractivity contribution is -0.119. The molecule has 1 aromatic carbocycles. The van der Waals surface area contributed by atoms with E-state index in [1.165, 1.54) is 0 Å². The Hall–Kier alpha value is -1.95. The number of benzene rings is 1. The van der Waals surface area contributed by atoms with E-state index in [9.17, 15) is 4.79 Å². The second-order valence-electron chi connectivity index (χ2n) is 3.63. The molecule has 0 fully saturated rings. The van der Waals surface area contributed by atoms with Gasteiger partial charge in [0, 0.05) is 0 Å². The predicted octanol–water partition coefficient (Wildman–Crippen LogP) is 0.00810. The smallest absolute Gasteiger partial charge is 0.247 e. The van der Waals surface area contributed by atoms with Gasteiger partial charge >= 0.3 is 0 Å². The van der Waals surface area contributed by atoms with Crippen LogP contribution < -0.4 is 11.5 Å². The van der Waals surface area contributed by atoms with E-state index >= 15 is 0 Å². The second-order valence-corrected chi connectivity index (χ2v) is 3.63. The zero-order chi connectivity index (χ0) is 11.5. The van der Waals surface area contributed by atoms with Gasteiger partial charge in [0.05, 0.1) is 6.54 Å². The van der Waals surface area contributed by atoms with Crippen molar-refractivity contribution in [2.45, 2.75) is 18.8 Å². The van der Waals surface area contributed by atoms with E-state index in [-0.39, 0.29) is 0 Å². The third kappa shape index (κ3) is 2.01. The number of carbonyl (C=O) groups excluding carboxylic acids is 1. The molecule has 0 radical (unpaired) electrons. The van der Waals surface area contributed by atoms with Crippen LogP contribution in [0.3, 0.4) is 0 Å². The Balaban J connectivity index is 2.04. The van der Waals surface area contributed by atoms with E-state index in [2.05, 4.69) is 10.3 Å². The molecule has 16 heavy (non-hydrogen) atoms. The largest absolute Gasteiger partial charge is 0.368 e. The van der Waals surface area contributed by atoms with Crippen LogP contribution in [0.2, 0.25) is 0 Å². The van der Waals surface area contributed by atoms with Gasteiger partial charge in [0.15, 0.2) is 6.04 Å². The lowest BCUT2D eigenvalue weighted by Crippen LogP contribution is -2.47. The number of carbonyl (C=O) groups is 1. The summed E-state index contributed by atoms with van der Waals surface area (Å²) in [6.07, 6.45) is -0.572. The Labute approximate surface area is 92.9 Å². The van der Waals surface area contributed by atoms with Gasteiger partial charge in [0.25, 0.3) is 0 Å². The maximum atomic E-state index is 11.0. The van der Waals surface area contributed by atoms with Gasteiger partial charge in [0.2, 0.25) is 5.91 Å². The molecule has 0 aliphatic carbocycles. The fourth-order valence-electron chi connectivity index (χ4n) is 1.55. The van der Waals surface area contributed by atoms with Crippen LogP contribution in [0.5, 0.6) is 0 Å². The average molecular weight is 219 g/mol. The lowest BCUT2D eigenvalue weighted by Gasteiger charge is -2.20. The summed E-state index contributed by atoms with van der Waals surface area (Å²) in [4.78, 5) is 11.0. The summed E-state index contributed by atoms with van der Waals surface area (Å²) in [5.74, 6) is -0.549. The van der Waals surface area contributed by atoms with E-state index in [0.29, 0.717) is 6.54 Å². The Morgan fingerprint density at radius 3 is 2.62 bits per heavy atom. The molecule has 0 saturated heterocycles. The number of hydrogen-bond acceptors (Lipinski definition) is 5. The van der Waals surface area contributed by atoms with Crippen molar-refractivity contribution >= 4 is 5.91 Å². The monoisotopic (exact) mass is 219 g/mol. The fraction of sp³-hybridized carbons (Fsp3) is 0.300. The van der Waals surface area contributed by atoms with Crippen molar-refractivity contribution in [1.82, 2.24) is 5.01 Å². The van der Waals surface area contributed by atoms with Crippen LogP contribution >= 0.6 is 0 Å². The number of primary amides is 1. The minimum absolute atomic E-state index is 0.523. The molecule has 0 saturated carbocycles. The van der Waals surface area contributed by atoms with Crippen LogP contribution in [0.25, 0.3) is 0 Å². The molecular formula is C10H13N5O. The molecule has 1 aromatic rings. The first-order valence-corrected chi connectivity index (χ1v) is 4.95. The van der Waals surface area contributed by atoms with Gasteiger partial charge in [-0.3, -0.25) is 9.80 Å². The first-order chi connectivity index (χ1) is 7.68. The molecule has 2 atom stereocenters. The molecule has 4 N–H and O–H groups in total. The van der Waals surface area contributed by atoms with Gasteiger partial charge < -0.3 is 11.5 Å². The number of nitrogens with two attached hydrogens (primary N) is 2. The summed E-state index contributed by atoms with van der Waals surface area (Å²) < 4.78 is 0. The molecule has 2 unspecified atom stereocenters. The van der Waals surface area contributed by atoms with E-state index in [0.717, 1.165) is 5.56 Å². The van der Waals surface area contributed by atoms with E-state index in [4.69, 9.17) is 11.5 Å². The highest BCUT2D eigenvalue weighted by molar-refractivity contribution is 5.80. The Bertz CT molecular complexity index is 405. The quantitative estimate of drug-likeness (QED) is 0.749. The first kappa shape index (κ1) is 10.6. The van der Waals surface area contributed by atoms with Gasteiger partial charge in [-0.05, 0) is 5.56 Å². The lowest BCUT2D eigenvalue weighted by atomic mass is 10.2. The van der Waals surface area contributed by atoms with Crippen LogP contribution in [-0.4, -0.2) is 23.1 Å². The zero-order valence-corrected chi connectivity index (χ0v) is 8.65. The summed E-state index contributed by atoms with van der Waals surface area (Å²) in [5.41, 5.74) is 12.0. The number of nitrogens with zero attached hydrogens (tertiary/aromatic N) is 3. The molecule has 6 nitrogen and oxygen atoms in total. The third-order valence-corrected chi connectivity index (χ3v) is 2.44. The maximum Gasteiger partial charge on any atom is 0.247 e. The zero-order valence-electron chi connectivity index (χ0n) is 8.65. The summed E-state index contributed by atoms with van der Waals surface area (Å²) in [6.45, 7) is 0.523. The molecule has 2 rings (SSSR count). The Morgan fingerprint density at radius 2 is 2.06 bits per heavy atom. The van der Waals surface area contributed by atoms with Crippen LogP contribution in [0.15, 0.2) is 40.7 Å². The predicted molar refractivity (Wildman–Crippen MR) is 57.8 cm³/mol. The van der Waals surface area contributed by atoms with Gasteiger partial charge in [-0.1, -0.05) is 35.6 Å². The van der Waals surface area contributed by atoms with E-state index in [1.54, 1.807) is 5.01 Å². The normalized spacial score (nSPS) is 23.7. The topological polar surface area (TPSA) is 97.1 Å². The third-order valence-electron chi connectivity index (χ3n) is 2.44. The standard InChI is InChI=1S/C10H13N5O/c11-9-8(10(12)16)13-14-15(9)6-7-4-2-1-3-5-7/h1-5,8-9H,6,11H2,(H2,12,16).